The van der Waals surface area contributed by atoms with Gasteiger partial charge in [0.1, 0.15) is 0 Å². The van der Waals surface area contributed by atoms with Crippen LogP contribution in [0.15, 0.2) is 0 Å². The van der Waals surface area contributed by atoms with Gasteiger partial charge in [-0.2, -0.15) is 0 Å². The van der Waals surface area contributed by atoms with Crippen LogP contribution in [0.5, 0.6) is 0 Å². The average molecular weight is 194 g/mol. The van der Waals surface area contributed by atoms with Crippen LogP contribution in [-0.2, 0) is 19.6 Å². The number of hydrogen-bond acceptors (Lipinski definition) is 5. The maximum absolute atomic E-state index is 11.1. The van der Waals surface area contributed by atoms with Crippen molar-refractivity contribution in [3.63, 3.8) is 0 Å². The van der Waals surface area contributed by atoms with Gasteiger partial charge in [0.05, 0.1) is 6.61 Å². The van der Waals surface area contributed by atoms with Gasteiger partial charge in [-0.1, -0.05) is 0 Å². The van der Waals surface area contributed by atoms with Crippen LogP contribution in [0.2, 0.25) is 0 Å². The number of sulfonamides is 1. The molecular weight excluding hydrogens is 184 g/mol. The van der Waals surface area contributed by atoms with Gasteiger partial charge in [-0.15, -0.1) is 0 Å². The minimum atomic E-state index is -3.64. The van der Waals surface area contributed by atoms with Crippen molar-refractivity contribution >= 4 is 16.4 Å². The van der Waals surface area contributed by atoms with E-state index in [1.54, 1.807) is 4.72 Å². The average Bonchev–Trinajstić information content (AvgIpc) is 2.06. The van der Waals surface area contributed by atoms with Gasteiger partial charge in [-0.05, 0) is 0 Å². The second kappa shape index (κ2) is 3.83. The summed E-state index contributed by atoms with van der Waals surface area (Å²) in [5, 5.41) is 2.84. The summed E-state index contributed by atoms with van der Waals surface area (Å²) in [6.07, 6.45) is 0.132. The van der Waals surface area contributed by atoms with E-state index in [4.69, 9.17) is 4.74 Å². The molecule has 12 heavy (non-hydrogen) atoms. The van der Waals surface area contributed by atoms with Gasteiger partial charge < -0.3 is 10.1 Å². The molecule has 0 radical (unpaired) electrons. The van der Waals surface area contributed by atoms with Gasteiger partial charge in [0, 0.05) is 13.1 Å². The molecule has 0 aromatic rings. The lowest BCUT2D eigenvalue weighted by atomic mass is 10.5. The summed E-state index contributed by atoms with van der Waals surface area (Å²) in [4.78, 5) is 9.90. The summed E-state index contributed by atoms with van der Waals surface area (Å²) in [5.41, 5.74) is -0.962. The first-order valence-corrected chi connectivity index (χ1v) is 4.98. The zero-order valence-electron chi connectivity index (χ0n) is 6.32. The third kappa shape index (κ3) is 2.16. The van der Waals surface area contributed by atoms with Crippen molar-refractivity contribution in [3.8, 4) is 0 Å². The number of carbonyl (C=O) groups excluding carboxylic acids is 1. The fourth-order valence-corrected chi connectivity index (χ4v) is 1.78. The first kappa shape index (κ1) is 9.43. The van der Waals surface area contributed by atoms with E-state index in [0.717, 1.165) is 0 Å². The zero-order valence-corrected chi connectivity index (χ0v) is 7.13. The van der Waals surface area contributed by atoms with Crippen molar-refractivity contribution < 1.29 is 17.9 Å². The number of carbonyl (C=O) groups is 1. The molecule has 1 unspecified atom stereocenters. The quantitative estimate of drug-likeness (QED) is 0.508. The molecule has 0 aromatic carbocycles. The highest BCUT2D eigenvalue weighted by molar-refractivity contribution is 7.90. The highest BCUT2D eigenvalue weighted by Gasteiger charge is 2.27. The van der Waals surface area contributed by atoms with E-state index in [1.165, 1.54) is 0 Å². The van der Waals surface area contributed by atoms with Crippen molar-refractivity contribution in [2.45, 2.75) is 5.44 Å². The lowest BCUT2D eigenvalue weighted by Gasteiger charge is -2.22. The molecule has 6 nitrogen and oxygen atoms in total. The molecule has 2 N–H and O–H groups in total. The molecule has 0 saturated carbocycles. The fourth-order valence-electron chi connectivity index (χ4n) is 0.884. The van der Waals surface area contributed by atoms with Crippen LogP contribution < -0.4 is 10.0 Å². The van der Waals surface area contributed by atoms with Crippen LogP contribution in [0.4, 0.5) is 0 Å². The monoisotopic (exact) mass is 194 g/mol. The maximum atomic E-state index is 11.1. The molecule has 0 spiro atoms. The van der Waals surface area contributed by atoms with E-state index >= 15 is 0 Å². The minimum absolute atomic E-state index is 0.132. The minimum Gasteiger partial charge on any atom is -0.358 e. The van der Waals surface area contributed by atoms with Gasteiger partial charge in [-0.3, -0.25) is 9.52 Å². The normalized spacial score (nSPS) is 24.8. The summed E-state index contributed by atoms with van der Waals surface area (Å²) in [7, 11) is -3.64. The summed E-state index contributed by atoms with van der Waals surface area (Å²) in [6.45, 7) is 1.18. The second-order valence-corrected chi connectivity index (χ2v) is 4.14. The summed E-state index contributed by atoms with van der Waals surface area (Å²) >= 11 is 0. The van der Waals surface area contributed by atoms with E-state index in [-0.39, 0.29) is 13.0 Å². The van der Waals surface area contributed by atoms with E-state index in [0.29, 0.717) is 13.2 Å². The Kier molecular flexibility index (Phi) is 3.01. The lowest BCUT2D eigenvalue weighted by Crippen LogP contribution is -2.47. The molecule has 1 aliphatic rings. The van der Waals surface area contributed by atoms with Gasteiger partial charge in [-0.25, -0.2) is 8.42 Å². The molecule has 1 heterocycles. The molecule has 1 amide bonds. The molecule has 1 aliphatic heterocycles. The van der Waals surface area contributed by atoms with Crippen LogP contribution in [0.3, 0.4) is 0 Å². The predicted molar refractivity (Wildman–Crippen MR) is 40.7 cm³/mol. The number of nitrogens with one attached hydrogen (secondary N) is 2. The Bertz CT molecular complexity index is 244. The van der Waals surface area contributed by atoms with Crippen LogP contribution in [-0.4, -0.2) is 40.0 Å². The molecular formula is C5H10N2O4S. The molecule has 0 bridgehead atoms. The topological polar surface area (TPSA) is 84.5 Å². The van der Waals surface area contributed by atoms with E-state index in [1.807, 2.05) is 0 Å². The number of ether oxygens (including phenoxy) is 1. The van der Waals surface area contributed by atoms with Crippen molar-refractivity contribution in [2.24, 2.45) is 0 Å². The lowest BCUT2D eigenvalue weighted by molar-refractivity contribution is -0.108. The molecule has 0 aliphatic carbocycles. The molecule has 1 rings (SSSR count). The Hall–Kier alpha value is -0.660. The molecule has 7 heteroatoms. The number of hydrogen-bond donors (Lipinski definition) is 2. The van der Waals surface area contributed by atoms with Crippen molar-refractivity contribution in [1.82, 2.24) is 10.0 Å². The Labute approximate surface area is 70.3 Å². The largest absolute Gasteiger partial charge is 0.358 e. The van der Waals surface area contributed by atoms with Gasteiger partial charge >= 0.3 is 0 Å². The van der Waals surface area contributed by atoms with E-state index < -0.39 is 15.5 Å². The molecule has 1 fully saturated rings. The van der Waals surface area contributed by atoms with Crippen LogP contribution >= 0.6 is 0 Å². The number of rotatable bonds is 3. The summed E-state index contributed by atoms with van der Waals surface area (Å²) in [5.74, 6) is 0. The van der Waals surface area contributed by atoms with E-state index in [9.17, 15) is 13.2 Å². The first-order chi connectivity index (χ1) is 5.67. The Balaban J connectivity index is 2.60. The predicted octanol–water partition coefficient (Wildman–Crippen LogP) is -1.99. The van der Waals surface area contributed by atoms with Gasteiger partial charge in [0.15, 0.2) is 5.44 Å². The Morgan fingerprint density at radius 3 is 2.83 bits per heavy atom. The maximum Gasteiger partial charge on any atom is 0.263 e. The fraction of sp³-hybridized carbons (Fsp3) is 0.800. The van der Waals surface area contributed by atoms with Crippen LogP contribution in [0.25, 0.3) is 0 Å². The van der Waals surface area contributed by atoms with Crippen molar-refractivity contribution in [1.29, 1.82) is 0 Å². The highest BCUT2D eigenvalue weighted by Crippen LogP contribution is 2.02. The van der Waals surface area contributed by atoms with E-state index in [2.05, 4.69) is 5.32 Å². The van der Waals surface area contributed by atoms with Crippen LogP contribution in [0, 0.1) is 0 Å². The standard InChI is InChI=1S/C5H10N2O4S/c8-4-7-12(9,10)5-3-6-1-2-11-5/h4-6H,1-3H2,(H,7,8). The molecule has 70 valence electrons. The van der Waals surface area contributed by atoms with Gasteiger partial charge in [0.25, 0.3) is 10.0 Å². The first-order valence-electron chi connectivity index (χ1n) is 3.44. The summed E-state index contributed by atoms with van der Waals surface area (Å²) < 4.78 is 28.8. The van der Waals surface area contributed by atoms with Crippen molar-refractivity contribution in [2.75, 3.05) is 19.7 Å². The molecule has 0 aromatic heterocycles. The number of amides is 1. The van der Waals surface area contributed by atoms with Crippen LogP contribution in [0.1, 0.15) is 0 Å². The Morgan fingerprint density at radius 1 is 1.58 bits per heavy atom. The van der Waals surface area contributed by atoms with Crippen molar-refractivity contribution in [3.05, 3.63) is 0 Å². The number of morpholine rings is 1. The third-order valence-electron chi connectivity index (χ3n) is 1.45. The third-order valence-corrected chi connectivity index (χ3v) is 2.87. The second-order valence-electron chi connectivity index (χ2n) is 2.29. The molecule has 1 saturated heterocycles. The molecule has 1 atom stereocenters. The van der Waals surface area contributed by atoms with Gasteiger partial charge in [0.2, 0.25) is 6.41 Å². The SMILES string of the molecule is O=CNS(=O)(=O)C1CNCCO1. The highest BCUT2D eigenvalue weighted by atomic mass is 32.2. The zero-order chi connectivity index (χ0) is 9.03. The smallest absolute Gasteiger partial charge is 0.263 e. The Morgan fingerprint density at radius 2 is 2.33 bits per heavy atom. The summed E-state index contributed by atoms with van der Waals surface area (Å²) in [6, 6.07) is 0.